The lowest BCUT2D eigenvalue weighted by atomic mass is 10.2. The number of hydrogen-bond donors (Lipinski definition) is 0. The summed E-state index contributed by atoms with van der Waals surface area (Å²) in [5.41, 5.74) is 2.43. The molecular formula is C20H20N2O4. The minimum absolute atomic E-state index is 0.223. The molecule has 0 saturated heterocycles. The molecule has 3 aromatic rings. The van der Waals surface area contributed by atoms with Crippen molar-refractivity contribution in [3.05, 3.63) is 66.1 Å². The van der Waals surface area contributed by atoms with Gasteiger partial charge in [-0.05, 0) is 37.3 Å². The molecule has 0 aliphatic rings. The van der Waals surface area contributed by atoms with Gasteiger partial charge in [-0.15, -0.1) is 0 Å². The lowest BCUT2D eigenvalue weighted by Crippen LogP contribution is -1.96. The molecule has 6 heteroatoms. The fraction of sp³-hybridized carbons (Fsp3) is 0.200. The third kappa shape index (κ3) is 4.42. The monoisotopic (exact) mass is 352 g/mol. The second kappa shape index (κ2) is 8.71. The second-order valence-electron chi connectivity index (χ2n) is 5.36. The average molecular weight is 352 g/mol. The number of rotatable bonds is 8. The number of hydrogen-bond acceptors (Lipinski definition) is 6. The minimum Gasteiger partial charge on any atom is -0.493 e. The molecule has 0 saturated carbocycles. The SMILES string of the molecule is CCOc1ccc(/C=N/OCc2coc(-c3ccccc3)n2)cc1OC. The van der Waals surface area contributed by atoms with Crippen LogP contribution in [0.3, 0.4) is 0 Å². The number of ether oxygens (including phenoxy) is 2. The number of oxime groups is 1. The molecule has 0 aliphatic heterocycles. The summed E-state index contributed by atoms with van der Waals surface area (Å²) in [6.07, 6.45) is 3.17. The Labute approximate surface area is 152 Å². The Hall–Kier alpha value is -3.28. The third-order valence-corrected chi connectivity index (χ3v) is 3.55. The fourth-order valence-electron chi connectivity index (χ4n) is 2.33. The fourth-order valence-corrected chi connectivity index (χ4v) is 2.33. The highest BCUT2D eigenvalue weighted by Crippen LogP contribution is 2.27. The van der Waals surface area contributed by atoms with Crippen LogP contribution in [0, 0.1) is 0 Å². The Bertz CT molecular complexity index is 859. The number of aromatic nitrogens is 1. The van der Waals surface area contributed by atoms with Crippen LogP contribution < -0.4 is 9.47 Å². The van der Waals surface area contributed by atoms with Crippen molar-refractivity contribution in [3.8, 4) is 23.0 Å². The van der Waals surface area contributed by atoms with Crippen LogP contribution in [0.4, 0.5) is 0 Å². The highest BCUT2D eigenvalue weighted by atomic mass is 16.6. The van der Waals surface area contributed by atoms with Gasteiger partial charge in [0.2, 0.25) is 5.89 Å². The van der Waals surface area contributed by atoms with Gasteiger partial charge in [0, 0.05) is 11.1 Å². The summed E-state index contributed by atoms with van der Waals surface area (Å²) in [5.74, 6) is 1.91. The number of methoxy groups -OCH3 is 1. The van der Waals surface area contributed by atoms with Crippen LogP contribution in [0.15, 0.2) is 64.4 Å². The van der Waals surface area contributed by atoms with E-state index < -0.39 is 0 Å². The van der Waals surface area contributed by atoms with E-state index in [1.54, 1.807) is 19.6 Å². The quantitative estimate of drug-likeness (QED) is 0.447. The zero-order valence-electron chi connectivity index (χ0n) is 14.7. The molecule has 0 fully saturated rings. The van der Waals surface area contributed by atoms with Crippen LogP contribution in [0.25, 0.3) is 11.5 Å². The van der Waals surface area contributed by atoms with Crippen molar-refractivity contribution in [1.82, 2.24) is 4.98 Å². The van der Waals surface area contributed by atoms with Gasteiger partial charge in [0.05, 0.1) is 19.9 Å². The Morgan fingerprint density at radius 2 is 1.96 bits per heavy atom. The summed E-state index contributed by atoms with van der Waals surface area (Å²) in [5, 5.41) is 3.97. The first kappa shape index (κ1) is 17.5. The molecule has 3 rings (SSSR count). The average Bonchev–Trinajstić information content (AvgIpc) is 3.16. The van der Waals surface area contributed by atoms with Gasteiger partial charge in [-0.25, -0.2) is 4.98 Å². The number of oxazole rings is 1. The van der Waals surface area contributed by atoms with Crippen LogP contribution in [0.1, 0.15) is 18.2 Å². The third-order valence-electron chi connectivity index (χ3n) is 3.55. The van der Waals surface area contributed by atoms with E-state index >= 15 is 0 Å². The van der Waals surface area contributed by atoms with Crippen molar-refractivity contribution < 1.29 is 18.7 Å². The largest absolute Gasteiger partial charge is 0.493 e. The summed E-state index contributed by atoms with van der Waals surface area (Å²) < 4.78 is 16.3. The molecule has 0 bridgehead atoms. The first-order valence-electron chi connectivity index (χ1n) is 8.26. The molecule has 1 aromatic heterocycles. The van der Waals surface area contributed by atoms with Crippen molar-refractivity contribution in [2.24, 2.45) is 5.16 Å². The van der Waals surface area contributed by atoms with E-state index in [2.05, 4.69) is 10.1 Å². The highest BCUT2D eigenvalue weighted by Gasteiger charge is 2.07. The van der Waals surface area contributed by atoms with Crippen LogP contribution in [0.5, 0.6) is 11.5 Å². The summed E-state index contributed by atoms with van der Waals surface area (Å²) in [6.45, 7) is 2.73. The van der Waals surface area contributed by atoms with Gasteiger partial charge in [0.25, 0.3) is 0 Å². The second-order valence-corrected chi connectivity index (χ2v) is 5.36. The van der Waals surface area contributed by atoms with E-state index in [1.807, 2.05) is 55.5 Å². The first-order chi connectivity index (χ1) is 12.8. The van der Waals surface area contributed by atoms with E-state index in [1.165, 1.54) is 0 Å². The molecule has 0 aliphatic carbocycles. The smallest absolute Gasteiger partial charge is 0.226 e. The summed E-state index contributed by atoms with van der Waals surface area (Å²) in [4.78, 5) is 9.68. The van der Waals surface area contributed by atoms with Crippen molar-refractivity contribution in [2.45, 2.75) is 13.5 Å². The summed E-state index contributed by atoms with van der Waals surface area (Å²) in [6, 6.07) is 15.2. The predicted octanol–water partition coefficient (Wildman–Crippen LogP) is 4.30. The molecule has 0 radical (unpaired) electrons. The molecule has 0 amide bonds. The van der Waals surface area contributed by atoms with Crippen molar-refractivity contribution in [3.63, 3.8) is 0 Å². The minimum atomic E-state index is 0.223. The van der Waals surface area contributed by atoms with Crippen molar-refractivity contribution in [1.29, 1.82) is 0 Å². The van der Waals surface area contributed by atoms with Crippen LogP contribution in [0.2, 0.25) is 0 Å². The molecular weight excluding hydrogens is 332 g/mol. The van der Waals surface area contributed by atoms with E-state index in [0.717, 1.165) is 11.1 Å². The van der Waals surface area contributed by atoms with Crippen molar-refractivity contribution >= 4 is 6.21 Å². The molecule has 2 aromatic carbocycles. The first-order valence-corrected chi connectivity index (χ1v) is 8.26. The van der Waals surface area contributed by atoms with E-state index in [9.17, 15) is 0 Å². The van der Waals surface area contributed by atoms with Crippen LogP contribution >= 0.6 is 0 Å². The number of nitrogens with zero attached hydrogens (tertiary/aromatic N) is 2. The molecule has 1 heterocycles. The van der Waals surface area contributed by atoms with Gasteiger partial charge in [-0.2, -0.15) is 0 Å². The zero-order valence-corrected chi connectivity index (χ0v) is 14.7. The van der Waals surface area contributed by atoms with E-state index in [0.29, 0.717) is 29.7 Å². The highest BCUT2D eigenvalue weighted by molar-refractivity contribution is 5.80. The standard InChI is InChI=1S/C20H20N2O4/c1-3-24-18-10-9-15(11-19(18)23-2)12-21-26-14-17-13-25-20(22-17)16-7-5-4-6-8-16/h4-13H,3,14H2,1-2H3/b21-12+. The summed E-state index contributed by atoms with van der Waals surface area (Å²) >= 11 is 0. The van der Waals surface area contributed by atoms with Gasteiger partial charge in [0.1, 0.15) is 12.0 Å². The van der Waals surface area contributed by atoms with E-state index in [-0.39, 0.29) is 6.61 Å². The maximum atomic E-state index is 5.49. The molecule has 26 heavy (non-hydrogen) atoms. The zero-order chi connectivity index (χ0) is 18.2. The van der Waals surface area contributed by atoms with Crippen LogP contribution in [-0.4, -0.2) is 24.9 Å². The molecule has 0 atom stereocenters. The Morgan fingerprint density at radius 3 is 2.73 bits per heavy atom. The summed E-state index contributed by atoms with van der Waals surface area (Å²) in [7, 11) is 1.60. The molecule has 134 valence electrons. The van der Waals surface area contributed by atoms with Gasteiger partial charge < -0.3 is 18.7 Å². The Balaban J connectivity index is 1.57. The molecule has 0 spiro atoms. The molecule has 0 N–H and O–H groups in total. The Kier molecular flexibility index (Phi) is 5.88. The Morgan fingerprint density at radius 1 is 1.12 bits per heavy atom. The van der Waals surface area contributed by atoms with Gasteiger partial charge in [-0.3, -0.25) is 0 Å². The predicted molar refractivity (Wildman–Crippen MR) is 98.5 cm³/mol. The molecule has 6 nitrogen and oxygen atoms in total. The van der Waals surface area contributed by atoms with E-state index in [4.69, 9.17) is 18.7 Å². The molecule has 0 unspecified atom stereocenters. The van der Waals surface area contributed by atoms with Gasteiger partial charge >= 0.3 is 0 Å². The lowest BCUT2D eigenvalue weighted by Gasteiger charge is -2.09. The normalized spacial score (nSPS) is 10.8. The lowest BCUT2D eigenvalue weighted by molar-refractivity contribution is 0.129. The topological polar surface area (TPSA) is 66.1 Å². The van der Waals surface area contributed by atoms with Crippen molar-refractivity contribution in [2.75, 3.05) is 13.7 Å². The van der Waals surface area contributed by atoms with Crippen LogP contribution in [-0.2, 0) is 11.4 Å². The number of benzene rings is 2. The van der Waals surface area contributed by atoms with Gasteiger partial charge in [-0.1, -0.05) is 23.4 Å². The maximum Gasteiger partial charge on any atom is 0.226 e. The maximum absolute atomic E-state index is 5.49. The van der Waals surface area contributed by atoms with Gasteiger partial charge in [0.15, 0.2) is 18.1 Å².